The molecule has 2 N–H and O–H groups in total. The van der Waals surface area contributed by atoms with Crippen molar-refractivity contribution in [3.63, 3.8) is 0 Å². The fraction of sp³-hybridized carbons (Fsp3) is 0.417. The van der Waals surface area contributed by atoms with Crippen LogP contribution in [0.5, 0.6) is 5.75 Å². The van der Waals surface area contributed by atoms with Crippen molar-refractivity contribution in [3.8, 4) is 5.75 Å². The van der Waals surface area contributed by atoms with E-state index in [4.69, 9.17) is 9.47 Å². The number of benzene rings is 2. The highest BCUT2D eigenvalue weighted by atomic mass is 79.9. The van der Waals surface area contributed by atoms with Gasteiger partial charge >= 0.3 is 12.0 Å². The Balaban J connectivity index is 1.89. The van der Waals surface area contributed by atoms with Crippen LogP contribution in [0.25, 0.3) is 0 Å². The Morgan fingerprint density at radius 2 is 1.75 bits per heavy atom. The van der Waals surface area contributed by atoms with Gasteiger partial charge in [0, 0.05) is 29.7 Å². The zero-order valence-corrected chi connectivity index (χ0v) is 20.3. The van der Waals surface area contributed by atoms with E-state index in [1.54, 1.807) is 24.0 Å². The summed E-state index contributed by atoms with van der Waals surface area (Å²) in [6.07, 6.45) is -0.567. The molecule has 0 spiro atoms. The van der Waals surface area contributed by atoms with Crippen molar-refractivity contribution >= 4 is 33.6 Å². The molecule has 0 heterocycles. The van der Waals surface area contributed by atoms with Crippen molar-refractivity contribution in [2.45, 2.75) is 33.3 Å². The van der Waals surface area contributed by atoms with Gasteiger partial charge in [0.2, 0.25) is 0 Å². The molecule has 2 amide bonds. The summed E-state index contributed by atoms with van der Waals surface area (Å²) in [5, 5.41) is 12.1. The number of urea groups is 1. The number of anilines is 1. The minimum Gasteiger partial charge on any atom is -0.492 e. The van der Waals surface area contributed by atoms with Gasteiger partial charge in [-0.1, -0.05) is 41.9 Å². The normalized spacial score (nSPS) is 11.8. The SMILES string of the molecule is CCOC(Cc1ccc(OCCN(CC(C)C)C(=O)Nc2ccc(Br)cc2)cc1)C(=O)O. The molecule has 0 bridgehead atoms. The molecule has 0 aromatic heterocycles. The second kappa shape index (κ2) is 13.1. The van der Waals surface area contributed by atoms with Crippen molar-refractivity contribution in [2.24, 2.45) is 5.92 Å². The first-order chi connectivity index (χ1) is 15.3. The Morgan fingerprint density at radius 1 is 1.09 bits per heavy atom. The molecule has 0 saturated heterocycles. The van der Waals surface area contributed by atoms with Gasteiger partial charge in [0.25, 0.3) is 0 Å². The predicted molar refractivity (Wildman–Crippen MR) is 128 cm³/mol. The summed E-state index contributed by atoms with van der Waals surface area (Å²) in [5.41, 5.74) is 1.59. The van der Waals surface area contributed by atoms with Crippen LogP contribution in [-0.2, 0) is 16.0 Å². The molecule has 0 aliphatic rings. The van der Waals surface area contributed by atoms with Gasteiger partial charge in [-0.05, 0) is 54.8 Å². The topological polar surface area (TPSA) is 88.1 Å². The van der Waals surface area contributed by atoms with Crippen LogP contribution < -0.4 is 10.1 Å². The number of amides is 2. The van der Waals surface area contributed by atoms with E-state index in [0.29, 0.717) is 44.4 Å². The molecule has 1 unspecified atom stereocenters. The van der Waals surface area contributed by atoms with Crippen LogP contribution in [-0.4, -0.2) is 54.4 Å². The second-order valence-corrected chi connectivity index (χ2v) is 8.67. The standard InChI is InChI=1S/C24H31BrN2O5/c1-4-31-22(23(28)29)15-18-5-11-21(12-6-18)32-14-13-27(16-17(2)3)24(30)26-20-9-7-19(25)8-10-20/h5-12,17,22H,4,13-16H2,1-3H3,(H,26,30)(H,28,29). The first kappa shape index (κ1) is 25.7. The number of carbonyl (C=O) groups is 2. The van der Waals surface area contributed by atoms with Crippen molar-refractivity contribution in [2.75, 3.05) is 31.6 Å². The maximum absolute atomic E-state index is 12.7. The lowest BCUT2D eigenvalue weighted by Gasteiger charge is -2.25. The Morgan fingerprint density at radius 3 is 2.31 bits per heavy atom. The van der Waals surface area contributed by atoms with Crippen LogP contribution in [0.3, 0.4) is 0 Å². The summed E-state index contributed by atoms with van der Waals surface area (Å²) in [6.45, 7) is 7.64. The zero-order valence-electron chi connectivity index (χ0n) is 18.7. The van der Waals surface area contributed by atoms with E-state index in [0.717, 1.165) is 15.7 Å². The van der Waals surface area contributed by atoms with Gasteiger partial charge in [0.1, 0.15) is 12.4 Å². The monoisotopic (exact) mass is 506 g/mol. The Kier molecular flexibility index (Phi) is 10.5. The Labute approximate surface area is 197 Å². The number of nitrogens with zero attached hydrogens (tertiary/aromatic N) is 1. The molecule has 32 heavy (non-hydrogen) atoms. The van der Waals surface area contributed by atoms with Gasteiger partial charge in [0.15, 0.2) is 6.10 Å². The molecule has 174 valence electrons. The van der Waals surface area contributed by atoms with Gasteiger partial charge in [-0.15, -0.1) is 0 Å². The maximum Gasteiger partial charge on any atom is 0.333 e. The third kappa shape index (κ3) is 8.88. The number of hydrogen-bond donors (Lipinski definition) is 2. The van der Waals surface area contributed by atoms with Crippen LogP contribution in [0.4, 0.5) is 10.5 Å². The number of carboxylic acid groups (broad SMARTS) is 1. The summed E-state index contributed by atoms with van der Waals surface area (Å²) in [6, 6.07) is 14.5. The maximum atomic E-state index is 12.7. The number of hydrogen-bond acceptors (Lipinski definition) is 4. The zero-order chi connectivity index (χ0) is 23.5. The number of nitrogens with one attached hydrogen (secondary N) is 1. The third-order valence-electron chi connectivity index (χ3n) is 4.59. The smallest absolute Gasteiger partial charge is 0.333 e. The van der Waals surface area contributed by atoms with E-state index in [9.17, 15) is 14.7 Å². The number of halogens is 1. The average Bonchev–Trinajstić information content (AvgIpc) is 2.75. The van der Waals surface area contributed by atoms with Crippen LogP contribution in [0, 0.1) is 5.92 Å². The van der Waals surface area contributed by atoms with Gasteiger partial charge in [-0.25, -0.2) is 9.59 Å². The lowest BCUT2D eigenvalue weighted by atomic mass is 10.1. The molecule has 8 heteroatoms. The highest BCUT2D eigenvalue weighted by molar-refractivity contribution is 9.10. The largest absolute Gasteiger partial charge is 0.492 e. The molecular formula is C24H31BrN2O5. The molecule has 0 radical (unpaired) electrons. The van der Waals surface area contributed by atoms with E-state index in [1.165, 1.54) is 0 Å². The lowest BCUT2D eigenvalue weighted by molar-refractivity contribution is -0.149. The van der Waals surface area contributed by atoms with E-state index in [-0.39, 0.29) is 6.03 Å². The fourth-order valence-electron chi connectivity index (χ4n) is 3.08. The van der Waals surface area contributed by atoms with E-state index in [2.05, 4.69) is 35.1 Å². The van der Waals surface area contributed by atoms with Crippen LogP contribution >= 0.6 is 15.9 Å². The number of carboxylic acids is 1. The van der Waals surface area contributed by atoms with Crippen molar-refractivity contribution in [1.29, 1.82) is 0 Å². The molecule has 0 aliphatic carbocycles. The highest BCUT2D eigenvalue weighted by Gasteiger charge is 2.18. The quantitative estimate of drug-likeness (QED) is 0.420. The lowest BCUT2D eigenvalue weighted by Crippen LogP contribution is -2.40. The first-order valence-electron chi connectivity index (χ1n) is 10.7. The minimum absolute atomic E-state index is 0.171. The number of aliphatic carboxylic acids is 1. The Bertz CT molecular complexity index is 856. The summed E-state index contributed by atoms with van der Waals surface area (Å²) < 4.78 is 12.0. The number of rotatable bonds is 12. The van der Waals surface area contributed by atoms with E-state index < -0.39 is 12.1 Å². The second-order valence-electron chi connectivity index (χ2n) is 7.76. The molecule has 0 fully saturated rings. The molecule has 2 rings (SSSR count). The molecule has 7 nitrogen and oxygen atoms in total. The van der Waals surface area contributed by atoms with Gasteiger partial charge in [-0.3, -0.25) is 0 Å². The van der Waals surface area contributed by atoms with Gasteiger partial charge < -0.3 is 24.8 Å². The molecule has 2 aromatic carbocycles. The van der Waals surface area contributed by atoms with E-state index in [1.807, 2.05) is 36.4 Å². The van der Waals surface area contributed by atoms with Crippen molar-refractivity contribution in [3.05, 3.63) is 58.6 Å². The highest BCUT2D eigenvalue weighted by Crippen LogP contribution is 2.16. The van der Waals surface area contributed by atoms with Crippen LogP contribution in [0.15, 0.2) is 53.0 Å². The molecule has 0 saturated carbocycles. The van der Waals surface area contributed by atoms with Gasteiger partial charge in [-0.2, -0.15) is 0 Å². The minimum atomic E-state index is -0.973. The predicted octanol–water partition coefficient (Wildman–Crippen LogP) is 5.05. The van der Waals surface area contributed by atoms with Gasteiger partial charge in [0.05, 0.1) is 6.54 Å². The Hall–Kier alpha value is -2.58. The average molecular weight is 507 g/mol. The molecule has 0 aliphatic heterocycles. The fourth-order valence-corrected chi connectivity index (χ4v) is 3.34. The molecular weight excluding hydrogens is 476 g/mol. The van der Waals surface area contributed by atoms with Crippen LogP contribution in [0.1, 0.15) is 26.3 Å². The third-order valence-corrected chi connectivity index (χ3v) is 5.11. The summed E-state index contributed by atoms with van der Waals surface area (Å²) in [4.78, 5) is 25.7. The van der Waals surface area contributed by atoms with Crippen LogP contribution in [0.2, 0.25) is 0 Å². The summed E-state index contributed by atoms with van der Waals surface area (Å²) >= 11 is 3.39. The first-order valence-corrected chi connectivity index (χ1v) is 11.5. The number of ether oxygens (including phenoxy) is 2. The summed E-state index contributed by atoms with van der Waals surface area (Å²) in [5.74, 6) is 0.00570. The van der Waals surface area contributed by atoms with E-state index >= 15 is 0 Å². The summed E-state index contributed by atoms with van der Waals surface area (Å²) in [7, 11) is 0. The molecule has 1 atom stereocenters. The number of carbonyl (C=O) groups excluding carboxylic acids is 1. The van der Waals surface area contributed by atoms with Crippen molar-refractivity contribution in [1.82, 2.24) is 4.90 Å². The van der Waals surface area contributed by atoms with Crippen molar-refractivity contribution < 1.29 is 24.2 Å². The molecule has 2 aromatic rings.